The van der Waals surface area contributed by atoms with E-state index in [2.05, 4.69) is 12.0 Å². The SMILES string of the molecule is CCC(NP(=O)(c1ccccc1)c1ccccc1)c1ccc(OC)cc1. The highest BCUT2D eigenvalue weighted by Gasteiger charge is 2.30. The second-order valence-corrected chi connectivity index (χ2v) is 8.65. The van der Waals surface area contributed by atoms with Gasteiger partial charge in [0.2, 0.25) is 7.29 Å². The first-order chi connectivity index (χ1) is 12.7. The molecule has 3 nitrogen and oxygen atoms in total. The summed E-state index contributed by atoms with van der Waals surface area (Å²) in [6, 6.07) is 27.3. The molecule has 3 aromatic rings. The molecule has 0 amide bonds. The zero-order chi connectivity index (χ0) is 18.4. The van der Waals surface area contributed by atoms with Gasteiger partial charge >= 0.3 is 0 Å². The largest absolute Gasteiger partial charge is 0.497 e. The van der Waals surface area contributed by atoms with Crippen LogP contribution in [0.5, 0.6) is 5.75 Å². The predicted octanol–water partition coefficient (Wildman–Crippen LogP) is 4.67. The number of ether oxygens (including phenoxy) is 1. The first-order valence-electron chi connectivity index (χ1n) is 8.80. The Kier molecular flexibility index (Phi) is 5.92. The van der Waals surface area contributed by atoms with Crippen LogP contribution in [0.3, 0.4) is 0 Å². The molecule has 0 aliphatic rings. The van der Waals surface area contributed by atoms with Crippen molar-refractivity contribution in [2.45, 2.75) is 19.4 Å². The summed E-state index contributed by atoms with van der Waals surface area (Å²) < 4.78 is 19.4. The average molecular weight is 365 g/mol. The molecule has 1 N–H and O–H groups in total. The van der Waals surface area contributed by atoms with Crippen molar-refractivity contribution in [2.24, 2.45) is 0 Å². The molecule has 0 saturated carbocycles. The second kappa shape index (κ2) is 8.35. The van der Waals surface area contributed by atoms with Crippen molar-refractivity contribution in [1.82, 2.24) is 5.09 Å². The fourth-order valence-corrected chi connectivity index (χ4v) is 5.58. The van der Waals surface area contributed by atoms with Gasteiger partial charge in [0, 0.05) is 16.7 Å². The molecule has 0 heterocycles. The van der Waals surface area contributed by atoms with Crippen LogP contribution in [0.2, 0.25) is 0 Å². The van der Waals surface area contributed by atoms with Gasteiger partial charge in [0.25, 0.3) is 0 Å². The minimum Gasteiger partial charge on any atom is -0.497 e. The molecule has 0 aliphatic heterocycles. The normalized spacial score (nSPS) is 12.5. The zero-order valence-electron chi connectivity index (χ0n) is 15.1. The van der Waals surface area contributed by atoms with E-state index in [1.54, 1.807) is 7.11 Å². The van der Waals surface area contributed by atoms with E-state index in [1.807, 2.05) is 84.9 Å². The van der Waals surface area contributed by atoms with Crippen LogP contribution in [0, 0.1) is 0 Å². The minimum atomic E-state index is -2.96. The maximum Gasteiger partial charge on any atom is 0.205 e. The van der Waals surface area contributed by atoms with Crippen molar-refractivity contribution in [1.29, 1.82) is 0 Å². The van der Waals surface area contributed by atoms with E-state index in [0.29, 0.717) is 0 Å². The van der Waals surface area contributed by atoms with E-state index in [4.69, 9.17) is 4.74 Å². The van der Waals surface area contributed by atoms with Crippen LogP contribution in [-0.2, 0) is 4.57 Å². The molecule has 3 rings (SSSR count). The van der Waals surface area contributed by atoms with Gasteiger partial charge in [-0.25, -0.2) is 0 Å². The van der Waals surface area contributed by atoms with Crippen molar-refractivity contribution in [2.75, 3.05) is 7.11 Å². The zero-order valence-corrected chi connectivity index (χ0v) is 16.0. The number of hydrogen-bond acceptors (Lipinski definition) is 2. The highest BCUT2D eigenvalue weighted by Crippen LogP contribution is 2.42. The Morgan fingerprint density at radius 1 is 0.846 bits per heavy atom. The first-order valence-corrected chi connectivity index (χ1v) is 10.5. The lowest BCUT2D eigenvalue weighted by Crippen LogP contribution is -2.30. The Hall–Kier alpha value is -2.35. The van der Waals surface area contributed by atoms with Crippen molar-refractivity contribution >= 4 is 17.9 Å². The van der Waals surface area contributed by atoms with Crippen molar-refractivity contribution in [3.8, 4) is 5.75 Å². The molecule has 0 bridgehead atoms. The van der Waals surface area contributed by atoms with E-state index in [0.717, 1.165) is 28.3 Å². The molecule has 4 heteroatoms. The molecule has 0 aliphatic carbocycles. The quantitative estimate of drug-likeness (QED) is 0.619. The van der Waals surface area contributed by atoms with Crippen molar-refractivity contribution in [3.05, 3.63) is 90.5 Å². The van der Waals surface area contributed by atoms with Gasteiger partial charge in [0.1, 0.15) is 5.75 Å². The lowest BCUT2D eigenvalue weighted by molar-refractivity contribution is 0.414. The molecule has 0 saturated heterocycles. The van der Waals surface area contributed by atoms with Crippen molar-refractivity contribution in [3.63, 3.8) is 0 Å². The Bertz CT molecular complexity index is 820. The highest BCUT2D eigenvalue weighted by atomic mass is 31.2. The monoisotopic (exact) mass is 365 g/mol. The molecular weight excluding hydrogens is 341 g/mol. The van der Waals surface area contributed by atoms with Gasteiger partial charge < -0.3 is 4.74 Å². The predicted molar refractivity (Wildman–Crippen MR) is 109 cm³/mol. The fraction of sp³-hybridized carbons (Fsp3) is 0.182. The summed E-state index contributed by atoms with van der Waals surface area (Å²) in [5, 5.41) is 5.12. The van der Waals surface area contributed by atoms with E-state index < -0.39 is 7.29 Å². The molecular formula is C22H24NO2P. The molecule has 0 radical (unpaired) electrons. The Labute approximate surface area is 155 Å². The lowest BCUT2D eigenvalue weighted by atomic mass is 10.1. The summed E-state index contributed by atoms with van der Waals surface area (Å²) in [7, 11) is -1.31. The summed E-state index contributed by atoms with van der Waals surface area (Å²) in [5.41, 5.74) is 1.10. The van der Waals surface area contributed by atoms with E-state index in [1.165, 1.54) is 0 Å². The van der Waals surface area contributed by atoms with Crippen LogP contribution in [0.4, 0.5) is 0 Å². The number of rotatable bonds is 7. The van der Waals surface area contributed by atoms with Crippen molar-refractivity contribution < 1.29 is 9.30 Å². The van der Waals surface area contributed by atoms with E-state index >= 15 is 0 Å². The molecule has 0 aromatic heterocycles. The molecule has 0 spiro atoms. The molecule has 26 heavy (non-hydrogen) atoms. The maximum absolute atomic E-state index is 14.1. The van der Waals surface area contributed by atoms with Gasteiger partial charge in [-0.3, -0.25) is 9.65 Å². The number of nitrogens with one attached hydrogen (secondary N) is 1. The summed E-state index contributed by atoms with van der Waals surface area (Å²) in [4.78, 5) is 0. The smallest absolute Gasteiger partial charge is 0.205 e. The molecule has 1 unspecified atom stereocenters. The standard InChI is InChI=1S/C22H24NO2P/c1-3-22(18-14-16-19(25-2)17-15-18)23-26(24,20-10-6-4-7-11-20)21-12-8-5-9-13-21/h4-17,22H,3H2,1-2H3,(H,23,24). The lowest BCUT2D eigenvalue weighted by Gasteiger charge is -2.27. The highest BCUT2D eigenvalue weighted by molar-refractivity contribution is 7.76. The summed E-state index contributed by atoms with van der Waals surface area (Å²) >= 11 is 0. The average Bonchev–Trinajstić information content (AvgIpc) is 2.73. The second-order valence-electron chi connectivity index (χ2n) is 6.14. The van der Waals surface area contributed by atoms with Crippen LogP contribution in [0.15, 0.2) is 84.9 Å². The third kappa shape index (κ3) is 3.90. The Morgan fingerprint density at radius 2 is 1.35 bits per heavy atom. The first kappa shape index (κ1) is 18.4. The van der Waals surface area contributed by atoms with E-state index in [9.17, 15) is 4.57 Å². The number of hydrogen-bond donors (Lipinski definition) is 1. The summed E-state index contributed by atoms with van der Waals surface area (Å²) in [6.45, 7) is 2.10. The van der Waals surface area contributed by atoms with Gasteiger partial charge in [-0.2, -0.15) is 0 Å². The third-order valence-corrected chi connectivity index (χ3v) is 7.23. The van der Waals surface area contributed by atoms with Crippen LogP contribution in [0.25, 0.3) is 0 Å². The van der Waals surface area contributed by atoms with Gasteiger partial charge in [0.05, 0.1) is 7.11 Å². The topological polar surface area (TPSA) is 38.3 Å². The van der Waals surface area contributed by atoms with Gasteiger partial charge in [0.15, 0.2) is 0 Å². The van der Waals surface area contributed by atoms with Crippen LogP contribution in [-0.4, -0.2) is 7.11 Å². The Morgan fingerprint density at radius 3 is 1.77 bits per heavy atom. The van der Waals surface area contributed by atoms with Crippen LogP contribution >= 0.6 is 7.29 Å². The van der Waals surface area contributed by atoms with Gasteiger partial charge in [-0.15, -0.1) is 0 Å². The Balaban J connectivity index is 2.00. The van der Waals surface area contributed by atoms with Gasteiger partial charge in [-0.05, 0) is 48.4 Å². The molecule has 134 valence electrons. The van der Waals surface area contributed by atoms with Crippen LogP contribution in [0.1, 0.15) is 24.9 Å². The van der Waals surface area contributed by atoms with E-state index in [-0.39, 0.29) is 6.04 Å². The molecule has 1 atom stereocenters. The summed E-state index contributed by atoms with van der Waals surface area (Å²) in [5.74, 6) is 0.818. The third-order valence-electron chi connectivity index (χ3n) is 4.50. The maximum atomic E-state index is 14.1. The number of methoxy groups -OCH3 is 1. The number of benzene rings is 3. The molecule has 0 fully saturated rings. The minimum absolute atomic E-state index is 0.0212. The fourth-order valence-electron chi connectivity index (χ4n) is 3.03. The van der Waals surface area contributed by atoms with Crippen LogP contribution < -0.4 is 20.4 Å². The summed E-state index contributed by atoms with van der Waals surface area (Å²) in [6.07, 6.45) is 0.829. The van der Waals surface area contributed by atoms with Gasteiger partial charge in [-0.1, -0.05) is 55.5 Å². The molecule has 3 aromatic carbocycles.